The van der Waals surface area contributed by atoms with Crippen LogP contribution >= 0.6 is 11.6 Å². The molecule has 0 saturated carbocycles. The van der Waals surface area contributed by atoms with E-state index in [0.717, 1.165) is 15.9 Å². The van der Waals surface area contributed by atoms with Crippen LogP contribution < -0.4 is 19.1 Å². The second-order valence-electron chi connectivity index (χ2n) is 11.9. The topological polar surface area (TPSA) is 148 Å². The Bertz CT molecular complexity index is 1980. The normalized spacial score (nSPS) is 12.4. The quantitative estimate of drug-likeness (QED) is 0.104. The molecule has 0 aliphatic heterocycles. The van der Waals surface area contributed by atoms with Crippen molar-refractivity contribution in [2.75, 3.05) is 25.1 Å². The van der Waals surface area contributed by atoms with Gasteiger partial charge in [-0.3, -0.25) is 24.0 Å². The highest BCUT2D eigenvalue weighted by Crippen LogP contribution is 2.36. The number of hydrogen-bond acceptors (Lipinski definition) is 8. The Kier molecular flexibility index (Phi) is 13.0. The van der Waals surface area contributed by atoms with Gasteiger partial charge in [0.25, 0.3) is 15.7 Å². The monoisotopic (exact) mass is 736 g/mol. The fraction of sp³-hybridized carbons (Fsp3) is 0.297. The van der Waals surface area contributed by atoms with E-state index >= 15 is 0 Å². The van der Waals surface area contributed by atoms with Gasteiger partial charge in [-0.2, -0.15) is 0 Å². The van der Waals surface area contributed by atoms with Crippen LogP contribution in [0.15, 0.2) is 95.9 Å². The minimum absolute atomic E-state index is 0.0760. The molecule has 0 spiro atoms. The van der Waals surface area contributed by atoms with Gasteiger partial charge in [0.2, 0.25) is 11.8 Å². The van der Waals surface area contributed by atoms with Gasteiger partial charge < -0.3 is 19.7 Å². The zero-order chi connectivity index (χ0) is 37.3. The van der Waals surface area contributed by atoms with Crippen molar-refractivity contribution in [1.29, 1.82) is 0 Å². The van der Waals surface area contributed by atoms with Crippen molar-refractivity contribution in [1.82, 2.24) is 10.2 Å². The van der Waals surface area contributed by atoms with E-state index in [4.69, 9.17) is 21.1 Å². The van der Waals surface area contributed by atoms with Gasteiger partial charge in [-0.15, -0.1) is 0 Å². The Morgan fingerprint density at radius 2 is 1.65 bits per heavy atom. The highest BCUT2D eigenvalue weighted by molar-refractivity contribution is 7.92. The maximum absolute atomic E-state index is 14.8. The molecule has 0 bridgehead atoms. The molecule has 12 nitrogen and oxygen atoms in total. The van der Waals surface area contributed by atoms with Crippen molar-refractivity contribution in [3.8, 4) is 11.5 Å². The molecule has 4 rings (SSSR count). The summed E-state index contributed by atoms with van der Waals surface area (Å²) >= 11 is 6.35. The van der Waals surface area contributed by atoms with Crippen molar-refractivity contribution in [3.05, 3.63) is 123 Å². The summed E-state index contributed by atoms with van der Waals surface area (Å²) in [7, 11) is -1.85. The molecule has 0 aliphatic rings. The summed E-state index contributed by atoms with van der Waals surface area (Å²) < 4.78 is 40.7. The van der Waals surface area contributed by atoms with Crippen molar-refractivity contribution in [2.24, 2.45) is 0 Å². The van der Waals surface area contributed by atoms with E-state index in [0.29, 0.717) is 17.7 Å². The van der Waals surface area contributed by atoms with Crippen LogP contribution in [0.5, 0.6) is 11.5 Å². The van der Waals surface area contributed by atoms with Crippen molar-refractivity contribution >= 4 is 44.8 Å². The number of nitrogens with one attached hydrogen (secondary N) is 1. The fourth-order valence-electron chi connectivity index (χ4n) is 5.41. The molecule has 14 heteroatoms. The Balaban J connectivity index is 1.91. The number of nitrogens with zero attached hydrogens (tertiary/aromatic N) is 3. The lowest BCUT2D eigenvalue weighted by molar-refractivity contribution is -0.385. The average molecular weight is 737 g/mol. The van der Waals surface area contributed by atoms with E-state index in [9.17, 15) is 28.1 Å². The van der Waals surface area contributed by atoms with Gasteiger partial charge in [-0.05, 0) is 67.8 Å². The van der Waals surface area contributed by atoms with E-state index < -0.39 is 49.9 Å². The molecule has 0 aliphatic carbocycles. The van der Waals surface area contributed by atoms with Gasteiger partial charge in [0.1, 0.15) is 24.1 Å². The number of carbonyl (C=O) groups is 2. The first-order valence-electron chi connectivity index (χ1n) is 16.2. The number of nitro groups is 1. The number of methoxy groups -OCH3 is 2. The number of amides is 2. The van der Waals surface area contributed by atoms with E-state index in [2.05, 4.69) is 5.32 Å². The van der Waals surface area contributed by atoms with Gasteiger partial charge in [0.15, 0.2) is 0 Å². The van der Waals surface area contributed by atoms with Crippen LogP contribution in [0.1, 0.15) is 37.0 Å². The standard InChI is InChI=1S/C37H41ClN4O8S/c1-6-26(3)39-37(44)34(20-27-11-8-7-9-12-27)40(23-28-13-10-14-30(19-28)49-4)36(43)24-41(33-21-29(38)16-18-35(33)50-5)51(47,48)31-17-15-25(2)32(22-31)42(45)46/h7-19,21-22,26,34H,6,20,23-24H2,1-5H3,(H,39,44)/t26-,34+/m0/s1. The van der Waals surface area contributed by atoms with Gasteiger partial charge in [-0.1, -0.05) is 67.1 Å². The van der Waals surface area contributed by atoms with Crippen LogP contribution in [0, 0.1) is 17.0 Å². The first kappa shape index (κ1) is 38.7. The van der Waals surface area contributed by atoms with Crippen LogP contribution in [-0.2, 0) is 32.6 Å². The number of halogens is 1. The summed E-state index contributed by atoms with van der Waals surface area (Å²) in [6.07, 6.45) is 0.757. The second-order valence-corrected chi connectivity index (χ2v) is 14.2. The van der Waals surface area contributed by atoms with Crippen LogP contribution in [0.4, 0.5) is 11.4 Å². The second kappa shape index (κ2) is 17.2. The number of nitro benzene ring substituents is 1. The number of sulfonamides is 1. The minimum Gasteiger partial charge on any atom is -0.497 e. The molecule has 2 amide bonds. The molecule has 0 saturated heterocycles. The highest BCUT2D eigenvalue weighted by Gasteiger charge is 2.36. The van der Waals surface area contributed by atoms with Crippen molar-refractivity contribution < 1.29 is 32.4 Å². The number of benzene rings is 4. The third-order valence-electron chi connectivity index (χ3n) is 8.41. The van der Waals surface area contributed by atoms with Crippen LogP contribution in [0.2, 0.25) is 5.02 Å². The zero-order valence-corrected chi connectivity index (χ0v) is 30.6. The third kappa shape index (κ3) is 9.56. The first-order valence-corrected chi connectivity index (χ1v) is 18.0. The maximum atomic E-state index is 14.8. The van der Waals surface area contributed by atoms with Gasteiger partial charge in [-0.25, -0.2) is 8.42 Å². The highest BCUT2D eigenvalue weighted by atomic mass is 35.5. The van der Waals surface area contributed by atoms with E-state index in [-0.39, 0.29) is 41.0 Å². The zero-order valence-electron chi connectivity index (χ0n) is 29.0. The summed E-state index contributed by atoms with van der Waals surface area (Å²) in [5.74, 6) is -0.553. The predicted octanol–water partition coefficient (Wildman–Crippen LogP) is 6.32. The molecule has 51 heavy (non-hydrogen) atoms. The number of ether oxygens (including phenoxy) is 2. The number of anilines is 1. The summed E-state index contributed by atoms with van der Waals surface area (Å²) in [6.45, 7) is 4.37. The molecular formula is C37H41ClN4O8S. The van der Waals surface area contributed by atoms with Crippen molar-refractivity contribution in [2.45, 2.75) is 57.1 Å². The molecule has 4 aromatic rings. The molecule has 4 aromatic carbocycles. The Morgan fingerprint density at radius 1 is 0.941 bits per heavy atom. The lowest BCUT2D eigenvalue weighted by atomic mass is 10.0. The predicted molar refractivity (Wildman–Crippen MR) is 196 cm³/mol. The molecule has 1 N–H and O–H groups in total. The number of rotatable bonds is 16. The lowest BCUT2D eigenvalue weighted by Crippen LogP contribution is -2.54. The van der Waals surface area contributed by atoms with E-state index in [1.165, 1.54) is 56.4 Å². The van der Waals surface area contributed by atoms with E-state index in [1.807, 2.05) is 44.2 Å². The largest absolute Gasteiger partial charge is 0.497 e. The van der Waals surface area contributed by atoms with Gasteiger partial charge >= 0.3 is 0 Å². The molecule has 0 heterocycles. The van der Waals surface area contributed by atoms with Gasteiger partial charge in [0, 0.05) is 35.7 Å². The first-order chi connectivity index (χ1) is 24.3. The Hall–Kier alpha value is -5.14. The van der Waals surface area contributed by atoms with Crippen LogP contribution in [0.25, 0.3) is 0 Å². The summed E-state index contributed by atoms with van der Waals surface area (Å²) in [5, 5.41) is 15.0. The number of carbonyl (C=O) groups excluding carboxylic acids is 2. The van der Waals surface area contributed by atoms with Crippen LogP contribution in [-0.4, -0.2) is 62.9 Å². The molecular weight excluding hydrogens is 696 g/mol. The van der Waals surface area contributed by atoms with E-state index in [1.54, 1.807) is 24.3 Å². The molecule has 0 unspecified atom stereocenters. The molecule has 0 aromatic heterocycles. The number of aryl methyl sites for hydroxylation is 1. The van der Waals surface area contributed by atoms with Crippen LogP contribution in [0.3, 0.4) is 0 Å². The van der Waals surface area contributed by atoms with Gasteiger partial charge in [0.05, 0.1) is 29.7 Å². The number of hydrogen-bond donors (Lipinski definition) is 1. The summed E-state index contributed by atoms with van der Waals surface area (Å²) in [6, 6.07) is 22.7. The molecule has 2 atom stereocenters. The fourth-order valence-corrected chi connectivity index (χ4v) is 7.01. The molecule has 0 radical (unpaired) electrons. The maximum Gasteiger partial charge on any atom is 0.273 e. The summed E-state index contributed by atoms with van der Waals surface area (Å²) in [5.41, 5.74) is 1.16. The summed E-state index contributed by atoms with van der Waals surface area (Å²) in [4.78, 5) is 40.9. The average Bonchev–Trinajstić information content (AvgIpc) is 3.12. The Labute approximate surface area is 303 Å². The smallest absolute Gasteiger partial charge is 0.273 e. The SMILES string of the molecule is CC[C@H](C)NC(=O)[C@@H](Cc1ccccc1)N(Cc1cccc(OC)c1)C(=O)CN(c1cc(Cl)ccc1OC)S(=O)(=O)c1ccc(C)c([N+](=O)[O-])c1. The molecule has 0 fully saturated rings. The molecule has 270 valence electrons. The lowest BCUT2D eigenvalue weighted by Gasteiger charge is -2.34. The van der Waals surface area contributed by atoms with Crippen molar-refractivity contribution in [3.63, 3.8) is 0 Å². The minimum atomic E-state index is -4.69. The Morgan fingerprint density at radius 3 is 2.29 bits per heavy atom. The third-order valence-corrected chi connectivity index (χ3v) is 10.4.